The normalized spacial score (nSPS) is 25.5. The molecule has 1 fully saturated rings. The average Bonchev–Trinajstić information content (AvgIpc) is 2.75. The van der Waals surface area contributed by atoms with Crippen LogP contribution in [0.1, 0.15) is 24.6 Å². The van der Waals surface area contributed by atoms with Gasteiger partial charge in [-0.2, -0.15) is 0 Å². The van der Waals surface area contributed by atoms with Crippen molar-refractivity contribution in [2.45, 2.75) is 31.8 Å². The fourth-order valence-electron chi connectivity index (χ4n) is 2.45. The molecule has 0 amide bonds. The summed E-state index contributed by atoms with van der Waals surface area (Å²) in [6.45, 7) is 5.69. The lowest BCUT2D eigenvalue weighted by Crippen LogP contribution is -2.46. The largest absolute Gasteiger partial charge is 0.310 e. The third-order valence-electron chi connectivity index (χ3n) is 3.12. The number of rotatable bonds is 4. The van der Waals surface area contributed by atoms with E-state index in [9.17, 15) is 0 Å². The Morgan fingerprint density at radius 1 is 1.62 bits per heavy atom. The van der Waals surface area contributed by atoms with Crippen molar-refractivity contribution in [2.75, 3.05) is 20.1 Å². The maximum atomic E-state index is 3.61. The monoisotopic (exact) mass is 302 g/mol. The Labute approximate surface area is 110 Å². The number of hydrogen-bond acceptors (Lipinski definition) is 3. The smallest absolute Gasteiger partial charge is 0.0326 e. The van der Waals surface area contributed by atoms with Crippen molar-refractivity contribution in [1.82, 2.24) is 10.2 Å². The molecular formula is C12H19BrN2S. The number of likely N-dealkylation sites (N-methyl/N-ethyl adjacent to an activating group) is 1. The highest BCUT2D eigenvalue weighted by Crippen LogP contribution is 2.23. The number of halogens is 1. The van der Waals surface area contributed by atoms with Crippen molar-refractivity contribution in [2.24, 2.45) is 0 Å². The molecule has 0 aromatic carbocycles. The first-order chi connectivity index (χ1) is 7.57. The molecule has 2 nitrogen and oxygen atoms in total. The quantitative estimate of drug-likeness (QED) is 0.919. The molecule has 0 spiro atoms. The zero-order chi connectivity index (χ0) is 11.6. The molecule has 1 atom stereocenters. The van der Waals surface area contributed by atoms with Gasteiger partial charge in [-0.15, -0.1) is 11.3 Å². The van der Waals surface area contributed by atoms with Crippen molar-refractivity contribution >= 4 is 27.3 Å². The van der Waals surface area contributed by atoms with Crippen LogP contribution in [-0.2, 0) is 6.54 Å². The molecule has 0 saturated carbocycles. The first-order valence-electron chi connectivity index (χ1n) is 5.74. The van der Waals surface area contributed by atoms with Crippen LogP contribution in [0.15, 0.2) is 15.9 Å². The van der Waals surface area contributed by atoms with E-state index in [2.05, 4.69) is 51.6 Å². The van der Waals surface area contributed by atoms with Crippen LogP contribution in [0.5, 0.6) is 0 Å². The van der Waals surface area contributed by atoms with Gasteiger partial charge in [-0.05, 0) is 55.4 Å². The van der Waals surface area contributed by atoms with Gasteiger partial charge in [-0.25, -0.2) is 0 Å². The summed E-state index contributed by atoms with van der Waals surface area (Å²) in [7, 11) is 2.21. The molecular weight excluding hydrogens is 284 g/mol. The van der Waals surface area contributed by atoms with Crippen LogP contribution in [0.3, 0.4) is 0 Å². The van der Waals surface area contributed by atoms with Crippen LogP contribution in [0.2, 0.25) is 0 Å². The van der Waals surface area contributed by atoms with Crippen LogP contribution >= 0.6 is 27.3 Å². The van der Waals surface area contributed by atoms with Crippen LogP contribution in [0, 0.1) is 0 Å². The molecule has 1 aromatic heterocycles. The Balaban J connectivity index is 1.86. The van der Waals surface area contributed by atoms with Gasteiger partial charge in [0.1, 0.15) is 0 Å². The Bertz CT molecular complexity index is 345. The molecule has 1 aliphatic heterocycles. The second kappa shape index (κ2) is 5.17. The lowest BCUT2D eigenvalue weighted by atomic mass is 10.00. The first-order valence-corrected chi connectivity index (χ1v) is 7.41. The number of hydrogen-bond donors (Lipinski definition) is 1. The van der Waals surface area contributed by atoms with Crippen LogP contribution in [-0.4, -0.2) is 30.6 Å². The van der Waals surface area contributed by atoms with Gasteiger partial charge in [0.05, 0.1) is 0 Å². The van der Waals surface area contributed by atoms with Gasteiger partial charge in [-0.1, -0.05) is 0 Å². The maximum absolute atomic E-state index is 3.61. The standard InChI is InChI=1S/C12H19BrN2S/c1-12(4-3-5-14-12)9-15(2)7-11-6-10(13)8-16-11/h6,8,14H,3-5,7,9H2,1-2H3. The summed E-state index contributed by atoms with van der Waals surface area (Å²) in [5.41, 5.74) is 0.323. The Hall–Kier alpha value is 0.1000. The van der Waals surface area contributed by atoms with Crippen molar-refractivity contribution < 1.29 is 0 Å². The van der Waals surface area contributed by atoms with Crippen molar-refractivity contribution in [3.63, 3.8) is 0 Å². The fraction of sp³-hybridized carbons (Fsp3) is 0.667. The second-order valence-electron chi connectivity index (χ2n) is 4.99. The molecule has 1 unspecified atom stereocenters. The molecule has 2 heterocycles. The Kier molecular flexibility index (Phi) is 4.06. The van der Waals surface area contributed by atoms with Crippen LogP contribution in [0.25, 0.3) is 0 Å². The minimum Gasteiger partial charge on any atom is -0.310 e. The molecule has 1 N–H and O–H groups in total. The summed E-state index contributed by atoms with van der Waals surface area (Å²) >= 11 is 5.33. The van der Waals surface area contributed by atoms with Crippen LogP contribution < -0.4 is 5.32 Å². The maximum Gasteiger partial charge on any atom is 0.0326 e. The topological polar surface area (TPSA) is 15.3 Å². The zero-order valence-electron chi connectivity index (χ0n) is 9.92. The van der Waals surface area contributed by atoms with Gasteiger partial charge in [0, 0.05) is 33.4 Å². The predicted octanol–water partition coefficient (Wildman–Crippen LogP) is 3.08. The summed E-state index contributed by atoms with van der Waals surface area (Å²) in [5.74, 6) is 0. The Morgan fingerprint density at radius 2 is 2.44 bits per heavy atom. The van der Waals surface area contributed by atoms with Gasteiger partial charge < -0.3 is 5.32 Å². The van der Waals surface area contributed by atoms with E-state index in [1.54, 1.807) is 0 Å². The van der Waals surface area contributed by atoms with Gasteiger partial charge >= 0.3 is 0 Å². The molecule has 0 aliphatic carbocycles. The molecule has 1 aromatic rings. The summed E-state index contributed by atoms with van der Waals surface area (Å²) in [4.78, 5) is 3.84. The van der Waals surface area contributed by atoms with Gasteiger partial charge in [0.15, 0.2) is 0 Å². The van der Waals surface area contributed by atoms with E-state index >= 15 is 0 Å². The number of nitrogens with zero attached hydrogens (tertiary/aromatic N) is 1. The third-order valence-corrected chi connectivity index (χ3v) is 4.81. The van der Waals surface area contributed by atoms with Gasteiger partial charge in [0.2, 0.25) is 0 Å². The Morgan fingerprint density at radius 3 is 3.00 bits per heavy atom. The number of nitrogens with one attached hydrogen (secondary N) is 1. The molecule has 16 heavy (non-hydrogen) atoms. The van der Waals surface area contributed by atoms with E-state index in [0.717, 1.165) is 13.1 Å². The van der Waals surface area contributed by atoms with E-state index in [-0.39, 0.29) is 0 Å². The minimum atomic E-state index is 0.323. The van der Waals surface area contributed by atoms with Gasteiger partial charge in [-0.3, -0.25) is 4.90 Å². The second-order valence-corrected chi connectivity index (χ2v) is 6.91. The summed E-state index contributed by atoms with van der Waals surface area (Å²) in [6, 6.07) is 2.21. The lowest BCUT2D eigenvalue weighted by molar-refractivity contribution is 0.235. The van der Waals surface area contributed by atoms with Crippen molar-refractivity contribution in [3.8, 4) is 0 Å². The highest BCUT2D eigenvalue weighted by atomic mass is 79.9. The van der Waals surface area contributed by atoms with E-state index in [4.69, 9.17) is 0 Å². The fourth-order valence-corrected chi connectivity index (χ4v) is 3.98. The SMILES string of the molecule is CN(Cc1cc(Br)cs1)CC1(C)CCCN1. The molecule has 4 heteroatoms. The van der Waals surface area contributed by atoms with E-state index in [1.807, 2.05) is 11.3 Å². The van der Waals surface area contributed by atoms with Gasteiger partial charge in [0.25, 0.3) is 0 Å². The number of thiophene rings is 1. The highest BCUT2D eigenvalue weighted by Gasteiger charge is 2.29. The molecule has 0 bridgehead atoms. The van der Waals surface area contributed by atoms with Crippen molar-refractivity contribution in [3.05, 3.63) is 20.8 Å². The highest BCUT2D eigenvalue weighted by molar-refractivity contribution is 9.10. The average molecular weight is 303 g/mol. The lowest BCUT2D eigenvalue weighted by Gasteiger charge is -2.30. The molecule has 2 rings (SSSR count). The first kappa shape index (κ1) is 12.6. The minimum absolute atomic E-state index is 0.323. The summed E-state index contributed by atoms with van der Waals surface area (Å²) in [6.07, 6.45) is 2.61. The van der Waals surface area contributed by atoms with Crippen LogP contribution in [0.4, 0.5) is 0 Å². The zero-order valence-corrected chi connectivity index (χ0v) is 12.3. The predicted molar refractivity (Wildman–Crippen MR) is 74.0 cm³/mol. The molecule has 0 radical (unpaired) electrons. The van der Waals surface area contributed by atoms with E-state index in [1.165, 1.54) is 28.7 Å². The molecule has 90 valence electrons. The summed E-state index contributed by atoms with van der Waals surface area (Å²) in [5, 5.41) is 5.76. The third kappa shape index (κ3) is 3.29. The molecule has 1 aliphatic rings. The van der Waals surface area contributed by atoms with Crippen molar-refractivity contribution in [1.29, 1.82) is 0 Å². The van der Waals surface area contributed by atoms with E-state index < -0.39 is 0 Å². The summed E-state index contributed by atoms with van der Waals surface area (Å²) < 4.78 is 1.20. The molecule has 1 saturated heterocycles. The van der Waals surface area contributed by atoms with E-state index in [0.29, 0.717) is 5.54 Å².